The molecule has 0 radical (unpaired) electrons. The van der Waals surface area contributed by atoms with Crippen LogP contribution in [0.5, 0.6) is 11.5 Å². The van der Waals surface area contributed by atoms with E-state index in [-0.39, 0.29) is 16.7 Å². The molecule has 24 heavy (non-hydrogen) atoms. The normalized spacial score (nSPS) is 11.7. The molecule has 9 heteroatoms. The van der Waals surface area contributed by atoms with Crippen molar-refractivity contribution in [2.75, 3.05) is 0 Å². The van der Waals surface area contributed by atoms with E-state index in [4.69, 9.17) is 5.26 Å². The number of ether oxygens (including phenoxy) is 2. The van der Waals surface area contributed by atoms with Gasteiger partial charge in [-0.05, 0) is 35.9 Å². The maximum atomic E-state index is 12.3. The molecular formula is C15H7F6NO2. The molecule has 0 amide bonds. The Balaban J connectivity index is 2.45. The Kier molecular flexibility index (Phi) is 4.59. The summed E-state index contributed by atoms with van der Waals surface area (Å²) in [6.45, 7) is 0. The monoisotopic (exact) mass is 347 g/mol. The van der Waals surface area contributed by atoms with E-state index in [2.05, 4.69) is 9.47 Å². The summed E-state index contributed by atoms with van der Waals surface area (Å²) in [6.07, 6.45) is -9.86. The van der Waals surface area contributed by atoms with Crippen molar-refractivity contribution in [1.29, 1.82) is 5.26 Å². The maximum absolute atomic E-state index is 12.3. The number of hydrogen-bond donors (Lipinski definition) is 0. The molecule has 0 aliphatic heterocycles. The first-order chi connectivity index (χ1) is 11.1. The van der Waals surface area contributed by atoms with Crippen molar-refractivity contribution in [3.63, 3.8) is 0 Å². The van der Waals surface area contributed by atoms with Gasteiger partial charge in [0.15, 0.2) is 0 Å². The van der Waals surface area contributed by atoms with Crippen molar-refractivity contribution in [2.45, 2.75) is 12.7 Å². The molecule has 0 fully saturated rings. The van der Waals surface area contributed by atoms with Crippen LogP contribution in [-0.4, -0.2) is 12.7 Å². The van der Waals surface area contributed by atoms with E-state index in [1.807, 2.05) is 0 Å². The summed E-state index contributed by atoms with van der Waals surface area (Å²) in [5.74, 6) is -1.16. The van der Waals surface area contributed by atoms with Crippen LogP contribution < -0.4 is 9.47 Å². The molecule has 2 rings (SSSR count). The van der Waals surface area contributed by atoms with E-state index in [1.165, 1.54) is 12.1 Å². The van der Waals surface area contributed by atoms with Gasteiger partial charge >= 0.3 is 12.7 Å². The van der Waals surface area contributed by atoms with Crippen LogP contribution in [0.4, 0.5) is 26.3 Å². The third-order valence-electron chi connectivity index (χ3n) is 2.72. The lowest BCUT2D eigenvalue weighted by molar-refractivity contribution is -0.275. The van der Waals surface area contributed by atoms with Gasteiger partial charge in [0.1, 0.15) is 11.5 Å². The number of nitriles is 1. The van der Waals surface area contributed by atoms with Crippen molar-refractivity contribution in [2.24, 2.45) is 0 Å². The number of halogens is 6. The lowest BCUT2D eigenvalue weighted by atomic mass is 10.00. The average molecular weight is 347 g/mol. The number of hydrogen-bond acceptors (Lipinski definition) is 3. The van der Waals surface area contributed by atoms with Gasteiger partial charge in [-0.1, -0.05) is 12.1 Å². The number of alkyl halides is 6. The van der Waals surface area contributed by atoms with Gasteiger partial charge in [0.25, 0.3) is 0 Å². The molecule has 0 N–H and O–H groups in total. The van der Waals surface area contributed by atoms with Crippen LogP contribution in [0.3, 0.4) is 0 Å². The third-order valence-corrected chi connectivity index (χ3v) is 2.72. The predicted octanol–water partition coefficient (Wildman–Crippen LogP) is 5.02. The summed E-state index contributed by atoms with van der Waals surface area (Å²) in [4.78, 5) is 0. The molecule has 2 aromatic carbocycles. The topological polar surface area (TPSA) is 42.2 Å². The van der Waals surface area contributed by atoms with Gasteiger partial charge in [-0.15, -0.1) is 26.3 Å². The standard InChI is InChI=1S/C15H7F6NO2/c16-14(17,18)23-11-3-1-2-9(6-11)13-7-12(24-15(19,20)21)5-4-10(13)8-22/h1-7H. The minimum Gasteiger partial charge on any atom is -0.406 e. The largest absolute Gasteiger partial charge is 0.573 e. The minimum absolute atomic E-state index is 0.0214. The fourth-order valence-electron chi connectivity index (χ4n) is 1.92. The predicted molar refractivity (Wildman–Crippen MR) is 70.0 cm³/mol. The zero-order valence-electron chi connectivity index (χ0n) is 11.6. The molecule has 2 aromatic rings. The fourth-order valence-corrected chi connectivity index (χ4v) is 1.92. The zero-order valence-corrected chi connectivity index (χ0v) is 11.6. The summed E-state index contributed by atoms with van der Waals surface area (Å²) in [5.41, 5.74) is 0.0153. The Morgan fingerprint density at radius 3 is 1.92 bits per heavy atom. The van der Waals surface area contributed by atoms with E-state index < -0.39 is 24.2 Å². The van der Waals surface area contributed by atoms with Crippen LogP contribution in [0.15, 0.2) is 42.5 Å². The smallest absolute Gasteiger partial charge is 0.406 e. The average Bonchev–Trinajstić information content (AvgIpc) is 2.44. The van der Waals surface area contributed by atoms with E-state index in [0.29, 0.717) is 0 Å². The lowest BCUT2D eigenvalue weighted by Crippen LogP contribution is -2.17. The van der Waals surface area contributed by atoms with E-state index in [0.717, 1.165) is 30.3 Å². The summed E-state index contributed by atoms with van der Waals surface area (Å²) < 4.78 is 81.1. The summed E-state index contributed by atoms with van der Waals surface area (Å²) in [5, 5.41) is 9.03. The van der Waals surface area contributed by atoms with Crippen LogP contribution in [0.2, 0.25) is 0 Å². The number of benzene rings is 2. The minimum atomic E-state index is -4.94. The van der Waals surface area contributed by atoms with Gasteiger partial charge in [0, 0.05) is 5.56 Å². The highest BCUT2D eigenvalue weighted by Gasteiger charge is 2.32. The van der Waals surface area contributed by atoms with E-state index in [1.54, 1.807) is 6.07 Å². The second-order valence-corrected chi connectivity index (χ2v) is 4.44. The SMILES string of the molecule is N#Cc1ccc(OC(F)(F)F)cc1-c1cccc(OC(F)(F)F)c1. The van der Waals surface area contributed by atoms with E-state index in [9.17, 15) is 26.3 Å². The highest BCUT2D eigenvalue weighted by Crippen LogP contribution is 2.33. The molecule has 0 bridgehead atoms. The lowest BCUT2D eigenvalue weighted by Gasteiger charge is -2.13. The van der Waals surface area contributed by atoms with Gasteiger partial charge in [-0.3, -0.25) is 0 Å². The molecule has 0 spiro atoms. The number of rotatable bonds is 3. The molecule has 126 valence electrons. The van der Waals surface area contributed by atoms with Crippen LogP contribution in [0.1, 0.15) is 5.56 Å². The summed E-state index contributed by atoms with van der Waals surface area (Å²) in [7, 11) is 0. The van der Waals surface area contributed by atoms with E-state index >= 15 is 0 Å². The second-order valence-electron chi connectivity index (χ2n) is 4.44. The second kappa shape index (κ2) is 6.31. The highest BCUT2D eigenvalue weighted by molar-refractivity contribution is 5.73. The maximum Gasteiger partial charge on any atom is 0.573 e. The first-order valence-corrected chi connectivity index (χ1v) is 6.23. The Bertz CT molecular complexity index is 777. The van der Waals surface area contributed by atoms with Gasteiger partial charge in [0.05, 0.1) is 11.6 Å². The molecule has 0 heterocycles. The van der Waals surface area contributed by atoms with Crippen molar-refractivity contribution >= 4 is 0 Å². The molecule has 3 nitrogen and oxygen atoms in total. The van der Waals surface area contributed by atoms with Crippen molar-refractivity contribution < 1.29 is 35.8 Å². The molecule has 0 unspecified atom stereocenters. The first kappa shape index (κ1) is 17.5. The Labute approximate surface area is 131 Å². The van der Waals surface area contributed by atoms with Crippen LogP contribution in [0, 0.1) is 11.3 Å². The van der Waals surface area contributed by atoms with Gasteiger partial charge < -0.3 is 9.47 Å². The Morgan fingerprint density at radius 2 is 1.38 bits per heavy atom. The molecule has 0 atom stereocenters. The molecule has 0 aromatic heterocycles. The molecule has 0 aliphatic carbocycles. The Morgan fingerprint density at radius 1 is 0.792 bits per heavy atom. The fraction of sp³-hybridized carbons (Fsp3) is 0.133. The van der Waals surface area contributed by atoms with Crippen molar-refractivity contribution in [3.05, 3.63) is 48.0 Å². The van der Waals surface area contributed by atoms with Crippen LogP contribution in [-0.2, 0) is 0 Å². The summed E-state index contributed by atoms with van der Waals surface area (Å²) >= 11 is 0. The van der Waals surface area contributed by atoms with Crippen molar-refractivity contribution in [3.8, 4) is 28.7 Å². The number of nitrogens with zero attached hydrogens (tertiary/aromatic N) is 1. The highest BCUT2D eigenvalue weighted by atomic mass is 19.4. The van der Waals surface area contributed by atoms with Gasteiger partial charge in [0.2, 0.25) is 0 Å². The van der Waals surface area contributed by atoms with Gasteiger partial charge in [-0.25, -0.2) is 0 Å². The molecule has 0 aliphatic rings. The van der Waals surface area contributed by atoms with Crippen LogP contribution in [0.25, 0.3) is 11.1 Å². The zero-order chi connectivity index (χ0) is 18.0. The Hall–Kier alpha value is -2.89. The summed E-state index contributed by atoms with van der Waals surface area (Å²) in [6, 6.07) is 9.21. The van der Waals surface area contributed by atoms with Crippen LogP contribution >= 0.6 is 0 Å². The third kappa shape index (κ3) is 4.81. The van der Waals surface area contributed by atoms with Crippen molar-refractivity contribution in [1.82, 2.24) is 0 Å². The molecular weight excluding hydrogens is 340 g/mol. The molecule has 0 saturated carbocycles. The quantitative estimate of drug-likeness (QED) is 0.732. The van der Waals surface area contributed by atoms with Gasteiger partial charge in [-0.2, -0.15) is 5.26 Å². The molecule has 0 saturated heterocycles. The first-order valence-electron chi connectivity index (χ1n) is 6.23.